The molecule has 0 bridgehead atoms. The SMILES string of the molecule is CC[C@@H](C)c1cc(Cl)ccc1O[C@@H]1CN[C@H](C(=O)OC)C1. The first-order chi connectivity index (χ1) is 10.0. The third-order valence-corrected chi connectivity index (χ3v) is 4.22. The van der Waals surface area contributed by atoms with Crippen LogP contribution in [0, 0.1) is 0 Å². The highest BCUT2D eigenvalue weighted by Gasteiger charge is 2.31. The average molecular weight is 312 g/mol. The van der Waals surface area contributed by atoms with E-state index < -0.39 is 0 Å². The predicted molar refractivity (Wildman–Crippen MR) is 83.0 cm³/mol. The van der Waals surface area contributed by atoms with Crippen molar-refractivity contribution >= 4 is 17.6 Å². The number of carbonyl (C=O) groups excluding carboxylic acids is 1. The van der Waals surface area contributed by atoms with Gasteiger partial charge in [0.05, 0.1) is 7.11 Å². The van der Waals surface area contributed by atoms with E-state index >= 15 is 0 Å². The van der Waals surface area contributed by atoms with E-state index in [4.69, 9.17) is 21.1 Å². The fourth-order valence-electron chi connectivity index (χ4n) is 2.53. The summed E-state index contributed by atoms with van der Waals surface area (Å²) in [6.07, 6.45) is 1.61. The highest BCUT2D eigenvalue weighted by Crippen LogP contribution is 2.32. The van der Waals surface area contributed by atoms with Crippen LogP contribution in [-0.4, -0.2) is 31.8 Å². The maximum Gasteiger partial charge on any atom is 0.323 e. The van der Waals surface area contributed by atoms with Crippen LogP contribution in [0.2, 0.25) is 5.02 Å². The molecule has 1 heterocycles. The molecule has 1 saturated heterocycles. The molecule has 3 atom stereocenters. The molecule has 4 nitrogen and oxygen atoms in total. The first-order valence-corrected chi connectivity index (χ1v) is 7.70. The molecule has 1 N–H and O–H groups in total. The van der Waals surface area contributed by atoms with Crippen molar-refractivity contribution in [1.82, 2.24) is 5.32 Å². The Labute approximate surface area is 130 Å². The van der Waals surface area contributed by atoms with Crippen molar-refractivity contribution in [2.75, 3.05) is 13.7 Å². The van der Waals surface area contributed by atoms with Crippen LogP contribution in [-0.2, 0) is 9.53 Å². The lowest BCUT2D eigenvalue weighted by Gasteiger charge is -2.19. The number of nitrogens with one attached hydrogen (secondary N) is 1. The summed E-state index contributed by atoms with van der Waals surface area (Å²) in [6.45, 7) is 4.94. The molecule has 2 rings (SSSR count). The van der Waals surface area contributed by atoms with E-state index in [1.165, 1.54) is 7.11 Å². The Morgan fingerprint density at radius 3 is 2.95 bits per heavy atom. The number of benzene rings is 1. The summed E-state index contributed by atoms with van der Waals surface area (Å²) in [5.41, 5.74) is 1.12. The Morgan fingerprint density at radius 2 is 2.29 bits per heavy atom. The second-order valence-electron chi connectivity index (χ2n) is 5.45. The number of methoxy groups -OCH3 is 1. The van der Waals surface area contributed by atoms with Crippen molar-refractivity contribution in [3.8, 4) is 5.75 Å². The normalized spacial score (nSPS) is 22.9. The molecule has 1 aromatic rings. The summed E-state index contributed by atoms with van der Waals surface area (Å²) in [4.78, 5) is 11.5. The quantitative estimate of drug-likeness (QED) is 0.849. The Balaban J connectivity index is 2.08. The molecule has 0 aromatic heterocycles. The largest absolute Gasteiger partial charge is 0.489 e. The molecule has 5 heteroatoms. The summed E-state index contributed by atoms with van der Waals surface area (Å²) in [6, 6.07) is 5.43. The van der Waals surface area contributed by atoms with Gasteiger partial charge in [0, 0.05) is 18.0 Å². The van der Waals surface area contributed by atoms with E-state index in [0.29, 0.717) is 18.9 Å². The second-order valence-corrected chi connectivity index (χ2v) is 5.89. The molecular formula is C16H22ClNO3. The van der Waals surface area contributed by atoms with E-state index in [2.05, 4.69) is 19.2 Å². The highest BCUT2D eigenvalue weighted by atomic mass is 35.5. The summed E-state index contributed by atoms with van der Waals surface area (Å²) >= 11 is 6.09. The molecule has 1 aromatic carbocycles. The van der Waals surface area contributed by atoms with Gasteiger partial charge in [-0.15, -0.1) is 0 Å². The summed E-state index contributed by atoms with van der Waals surface area (Å²) < 4.78 is 10.8. The van der Waals surface area contributed by atoms with Crippen molar-refractivity contribution in [3.63, 3.8) is 0 Å². The van der Waals surface area contributed by atoms with Crippen molar-refractivity contribution in [1.29, 1.82) is 0 Å². The minimum absolute atomic E-state index is 0.0296. The Hall–Kier alpha value is -1.26. The van der Waals surface area contributed by atoms with Gasteiger partial charge in [0.25, 0.3) is 0 Å². The first kappa shape index (κ1) is 16.1. The summed E-state index contributed by atoms with van der Waals surface area (Å²) in [5.74, 6) is 0.995. The Bertz CT molecular complexity index is 506. The summed E-state index contributed by atoms with van der Waals surface area (Å²) in [7, 11) is 1.40. The van der Waals surface area contributed by atoms with E-state index in [0.717, 1.165) is 22.8 Å². The van der Waals surface area contributed by atoms with E-state index in [1.807, 2.05) is 18.2 Å². The van der Waals surface area contributed by atoms with Crippen molar-refractivity contribution in [2.45, 2.75) is 44.8 Å². The van der Waals surface area contributed by atoms with E-state index in [9.17, 15) is 4.79 Å². The number of hydrogen-bond acceptors (Lipinski definition) is 4. The molecule has 0 aliphatic carbocycles. The topological polar surface area (TPSA) is 47.6 Å². The molecule has 1 fully saturated rings. The van der Waals surface area contributed by atoms with Gasteiger partial charge >= 0.3 is 5.97 Å². The van der Waals surface area contributed by atoms with Gasteiger partial charge in [-0.2, -0.15) is 0 Å². The van der Waals surface area contributed by atoms with Crippen LogP contribution < -0.4 is 10.1 Å². The molecule has 1 aliphatic rings. The Morgan fingerprint density at radius 1 is 1.52 bits per heavy atom. The minimum Gasteiger partial charge on any atom is -0.489 e. The fourth-order valence-corrected chi connectivity index (χ4v) is 2.71. The molecule has 0 saturated carbocycles. The van der Waals surface area contributed by atoms with Crippen LogP contribution in [0.1, 0.15) is 38.2 Å². The summed E-state index contributed by atoms with van der Waals surface area (Å²) in [5, 5.41) is 3.84. The van der Waals surface area contributed by atoms with Crippen molar-refractivity contribution < 1.29 is 14.3 Å². The molecule has 21 heavy (non-hydrogen) atoms. The third-order valence-electron chi connectivity index (χ3n) is 3.98. The van der Waals surface area contributed by atoms with Crippen LogP contribution in [0.15, 0.2) is 18.2 Å². The van der Waals surface area contributed by atoms with Gasteiger partial charge < -0.3 is 14.8 Å². The van der Waals surface area contributed by atoms with Crippen LogP contribution in [0.5, 0.6) is 5.75 Å². The van der Waals surface area contributed by atoms with Crippen molar-refractivity contribution in [3.05, 3.63) is 28.8 Å². The van der Waals surface area contributed by atoms with E-state index in [1.54, 1.807) is 0 Å². The minimum atomic E-state index is -0.278. The molecule has 0 unspecified atom stereocenters. The maximum atomic E-state index is 11.5. The van der Waals surface area contributed by atoms with Gasteiger partial charge in [-0.1, -0.05) is 25.4 Å². The zero-order valence-electron chi connectivity index (χ0n) is 12.7. The zero-order valence-corrected chi connectivity index (χ0v) is 13.4. The van der Waals surface area contributed by atoms with E-state index in [-0.39, 0.29) is 18.1 Å². The van der Waals surface area contributed by atoms with Gasteiger partial charge in [-0.05, 0) is 36.1 Å². The van der Waals surface area contributed by atoms with Gasteiger partial charge in [-0.3, -0.25) is 4.79 Å². The third kappa shape index (κ3) is 3.89. The number of hydrogen-bond donors (Lipinski definition) is 1. The smallest absolute Gasteiger partial charge is 0.323 e. The van der Waals surface area contributed by atoms with Crippen LogP contribution in [0.25, 0.3) is 0 Å². The Kier molecular flexibility index (Phi) is 5.48. The molecule has 0 amide bonds. The van der Waals surface area contributed by atoms with Gasteiger partial charge in [0.1, 0.15) is 17.9 Å². The lowest BCUT2D eigenvalue weighted by atomic mass is 9.97. The molecule has 116 valence electrons. The number of carbonyl (C=O) groups is 1. The fraction of sp³-hybridized carbons (Fsp3) is 0.562. The monoisotopic (exact) mass is 311 g/mol. The van der Waals surface area contributed by atoms with Gasteiger partial charge in [0.15, 0.2) is 0 Å². The van der Waals surface area contributed by atoms with Crippen LogP contribution in [0.4, 0.5) is 0 Å². The predicted octanol–water partition coefficient (Wildman–Crippen LogP) is 3.14. The molecule has 0 radical (unpaired) electrons. The zero-order chi connectivity index (χ0) is 15.4. The van der Waals surface area contributed by atoms with Crippen LogP contribution >= 0.6 is 11.6 Å². The number of halogens is 1. The average Bonchev–Trinajstić information content (AvgIpc) is 2.96. The number of rotatable bonds is 5. The van der Waals surface area contributed by atoms with Gasteiger partial charge in [-0.25, -0.2) is 0 Å². The molecule has 0 spiro atoms. The number of esters is 1. The lowest BCUT2D eigenvalue weighted by molar-refractivity contribution is -0.142. The maximum absolute atomic E-state index is 11.5. The highest BCUT2D eigenvalue weighted by molar-refractivity contribution is 6.30. The lowest BCUT2D eigenvalue weighted by Crippen LogP contribution is -2.31. The standard InChI is InChI=1S/C16H22ClNO3/c1-4-10(2)13-7-11(17)5-6-15(13)21-12-8-14(18-9-12)16(19)20-3/h5-7,10,12,14,18H,4,8-9H2,1-3H3/t10-,12+,14+/m1/s1. The molecular weight excluding hydrogens is 290 g/mol. The van der Waals surface area contributed by atoms with Crippen LogP contribution in [0.3, 0.4) is 0 Å². The number of ether oxygens (including phenoxy) is 2. The van der Waals surface area contributed by atoms with Crippen molar-refractivity contribution in [2.24, 2.45) is 0 Å². The molecule has 1 aliphatic heterocycles. The van der Waals surface area contributed by atoms with Gasteiger partial charge in [0.2, 0.25) is 0 Å². The second kappa shape index (κ2) is 7.14. The first-order valence-electron chi connectivity index (χ1n) is 7.32.